The molecule has 0 saturated carbocycles. The minimum absolute atomic E-state index is 0.0135. The lowest BCUT2D eigenvalue weighted by molar-refractivity contribution is -0.125. The van der Waals surface area contributed by atoms with Gasteiger partial charge in [-0.2, -0.15) is 0 Å². The number of hydrogen-bond acceptors (Lipinski definition) is 3. The lowest BCUT2D eigenvalue weighted by Crippen LogP contribution is -2.47. The third kappa shape index (κ3) is 4.37. The van der Waals surface area contributed by atoms with Gasteiger partial charge in [-0.15, -0.1) is 0 Å². The van der Waals surface area contributed by atoms with E-state index in [-0.39, 0.29) is 17.7 Å². The standard InChI is InChI=1S/C27H28N2O3/c1-18-9-15-24(19(2)17-18)28-27(31)23-14-16-25(30)29(21-10-12-22(32-3)13-11-21)26(23)20-7-5-4-6-8-20/h4-13,15,17,23,26H,14,16H2,1-3H3,(H,28,31)/t23-,26+/m1/s1. The van der Waals surface area contributed by atoms with Crippen molar-refractivity contribution in [3.8, 4) is 5.75 Å². The zero-order chi connectivity index (χ0) is 22.7. The van der Waals surface area contributed by atoms with Gasteiger partial charge < -0.3 is 15.0 Å². The molecule has 1 N–H and O–H groups in total. The Bertz CT molecular complexity index is 1110. The van der Waals surface area contributed by atoms with Gasteiger partial charge in [0.05, 0.1) is 19.1 Å². The monoisotopic (exact) mass is 428 g/mol. The van der Waals surface area contributed by atoms with Gasteiger partial charge in [0, 0.05) is 17.8 Å². The predicted molar refractivity (Wildman–Crippen MR) is 127 cm³/mol. The van der Waals surface area contributed by atoms with Crippen molar-refractivity contribution in [3.63, 3.8) is 0 Å². The first-order valence-electron chi connectivity index (χ1n) is 10.9. The van der Waals surface area contributed by atoms with Gasteiger partial charge in [-0.1, -0.05) is 48.0 Å². The van der Waals surface area contributed by atoms with Crippen LogP contribution in [0.4, 0.5) is 11.4 Å². The summed E-state index contributed by atoms with van der Waals surface area (Å²) in [4.78, 5) is 28.4. The second-order valence-electron chi connectivity index (χ2n) is 8.27. The number of ether oxygens (including phenoxy) is 1. The molecule has 1 fully saturated rings. The summed E-state index contributed by atoms with van der Waals surface area (Å²) in [7, 11) is 1.61. The molecule has 0 bridgehead atoms. The number of methoxy groups -OCH3 is 1. The van der Waals surface area contributed by atoms with E-state index in [9.17, 15) is 9.59 Å². The highest BCUT2D eigenvalue weighted by Gasteiger charge is 2.41. The number of nitrogens with one attached hydrogen (secondary N) is 1. The molecule has 0 aliphatic carbocycles. The van der Waals surface area contributed by atoms with Crippen molar-refractivity contribution in [3.05, 3.63) is 89.5 Å². The largest absolute Gasteiger partial charge is 0.497 e. The zero-order valence-electron chi connectivity index (χ0n) is 18.7. The second kappa shape index (κ2) is 9.27. The van der Waals surface area contributed by atoms with Crippen molar-refractivity contribution in [1.82, 2.24) is 0 Å². The molecule has 2 amide bonds. The molecular formula is C27H28N2O3. The van der Waals surface area contributed by atoms with Gasteiger partial charge in [0.25, 0.3) is 0 Å². The number of piperidine rings is 1. The van der Waals surface area contributed by atoms with Gasteiger partial charge in [0.2, 0.25) is 11.8 Å². The maximum absolute atomic E-state index is 13.5. The van der Waals surface area contributed by atoms with Gasteiger partial charge in [-0.3, -0.25) is 9.59 Å². The average Bonchev–Trinajstić information content (AvgIpc) is 2.81. The van der Waals surface area contributed by atoms with Crippen molar-refractivity contribution >= 4 is 23.2 Å². The Morgan fingerprint density at radius 1 is 1.00 bits per heavy atom. The maximum atomic E-state index is 13.5. The molecule has 164 valence electrons. The first-order chi connectivity index (χ1) is 15.5. The fraction of sp³-hybridized carbons (Fsp3) is 0.259. The number of carbonyl (C=O) groups excluding carboxylic acids is 2. The summed E-state index contributed by atoms with van der Waals surface area (Å²) in [5.41, 5.74) is 4.68. The summed E-state index contributed by atoms with van der Waals surface area (Å²) in [5.74, 6) is 0.285. The molecule has 3 aromatic rings. The predicted octanol–water partition coefficient (Wildman–Crippen LogP) is 5.44. The first kappa shape index (κ1) is 21.6. The lowest BCUT2D eigenvalue weighted by atomic mass is 9.83. The summed E-state index contributed by atoms with van der Waals surface area (Å²) in [6.45, 7) is 4.02. The van der Waals surface area contributed by atoms with Crippen LogP contribution < -0.4 is 15.0 Å². The van der Waals surface area contributed by atoms with Crippen LogP contribution in [0.5, 0.6) is 5.75 Å². The zero-order valence-corrected chi connectivity index (χ0v) is 18.7. The molecule has 5 heteroatoms. The highest BCUT2D eigenvalue weighted by molar-refractivity contribution is 6.00. The molecule has 1 heterocycles. The molecule has 1 saturated heterocycles. The molecule has 0 spiro atoms. The van der Waals surface area contributed by atoms with Crippen LogP contribution in [0, 0.1) is 19.8 Å². The fourth-order valence-electron chi connectivity index (χ4n) is 4.43. The van der Waals surface area contributed by atoms with Crippen LogP contribution >= 0.6 is 0 Å². The van der Waals surface area contributed by atoms with Crippen LogP contribution in [0.3, 0.4) is 0 Å². The molecule has 2 atom stereocenters. The quantitative estimate of drug-likeness (QED) is 0.589. The Morgan fingerprint density at radius 2 is 1.72 bits per heavy atom. The van der Waals surface area contributed by atoms with Crippen molar-refractivity contribution in [2.75, 3.05) is 17.3 Å². The third-order valence-corrected chi connectivity index (χ3v) is 6.07. The van der Waals surface area contributed by atoms with Gasteiger partial charge in [-0.25, -0.2) is 0 Å². The number of anilines is 2. The van der Waals surface area contributed by atoms with Crippen LogP contribution in [0.1, 0.15) is 35.6 Å². The second-order valence-corrected chi connectivity index (χ2v) is 8.27. The normalized spacial score (nSPS) is 18.3. The van der Waals surface area contributed by atoms with Crippen LogP contribution in [0.25, 0.3) is 0 Å². The lowest BCUT2D eigenvalue weighted by Gasteiger charge is -2.41. The van der Waals surface area contributed by atoms with E-state index in [0.717, 1.165) is 33.8 Å². The van der Waals surface area contributed by atoms with Crippen molar-refractivity contribution in [2.24, 2.45) is 5.92 Å². The van der Waals surface area contributed by atoms with Gasteiger partial charge in [0.1, 0.15) is 5.75 Å². The molecule has 0 aromatic heterocycles. The Kier molecular flexibility index (Phi) is 6.26. The van der Waals surface area contributed by atoms with Crippen LogP contribution in [-0.2, 0) is 9.59 Å². The Balaban J connectivity index is 1.71. The Labute approximate surface area is 189 Å². The molecule has 3 aromatic carbocycles. The van der Waals surface area contributed by atoms with E-state index in [4.69, 9.17) is 4.74 Å². The van der Waals surface area contributed by atoms with Gasteiger partial charge >= 0.3 is 0 Å². The van der Waals surface area contributed by atoms with Crippen molar-refractivity contribution in [2.45, 2.75) is 32.7 Å². The van der Waals surface area contributed by atoms with E-state index >= 15 is 0 Å². The summed E-state index contributed by atoms with van der Waals surface area (Å²) < 4.78 is 5.27. The van der Waals surface area contributed by atoms with Crippen LogP contribution in [-0.4, -0.2) is 18.9 Å². The summed E-state index contributed by atoms with van der Waals surface area (Å²) in [6.07, 6.45) is 0.822. The molecule has 0 radical (unpaired) electrons. The molecule has 32 heavy (non-hydrogen) atoms. The molecule has 5 nitrogen and oxygen atoms in total. The van der Waals surface area contributed by atoms with E-state index in [1.165, 1.54) is 0 Å². The highest BCUT2D eigenvalue weighted by atomic mass is 16.5. The molecule has 1 aliphatic rings. The van der Waals surface area contributed by atoms with Gasteiger partial charge in [-0.05, 0) is 61.7 Å². The van der Waals surface area contributed by atoms with Crippen LogP contribution in [0.2, 0.25) is 0 Å². The Hall–Kier alpha value is -3.60. The summed E-state index contributed by atoms with van der Waals surface area (Å²) in [5, 5.41) is 3.12. The number of amides is 2. The molecular weight excluding hydrogens is 400 g/mol. The van der Waals surface area contributed by atoms with E-state index in [1.807, 2.05) is 80.6 Å². The molecule has 0 unspecified atom stereocenters. The van der Waals surface area contributed by atoms with E-state index in [1.54, 1.807) is 12.0 Å². The summed E-state index contributed by atoms with van der Waals surface area (Å²) in [6, 6.07) is 22.8. The smallest absolute Gasteiger partial charge is 0.229 e. The molecule has 4 rings (SSSR count). The SMILES string of the molecule is COc1ccc(N2C(=O)CC[C@@H](C(=O)Nc3ccc(C)cc3C)[C@@H]2c2ccccc2)cc1. The fourth-order valence-corrected chi connectivity index (χ4v) is 4.43. The number of nitrogens with zero attached hydrogens (tertiary/aromatic N) is 1. The Morgan fingerprint density at radius 3 is 2.38 bits per heavy atom. The first-order valence-corrected chi connectivity index (χ1v) is 10.9. The van der Waals surface area contributed by atoms with Crippen molar-refractivity contribution in [1.29, 1.82) is 0 Å². The van der Waals surface area contributed by atoms with Gasteiger partial charge in [0.15, 0.2) is 0 Å². The van der Waals surface area contributed by atoms with E-state index in [0.29, 0.717) is 12.8 Å². The van der Waals surface area contributed by atoms with E-state index < -0.39 is 6.04 Å². The molecule has 1 aliphatic heterocycles. The number of aryl methyl sites for hydroxylation is 2. The highest BCUT2D eigenvalue weighted by Crippen LogP contribution is 2.41. The number of rotatable bonds is 5. The number of carbonyl (C=O) groups is 2. The third-order valence-electron chi connectivity index (χ3n) is 6.07. The van der Waals surface area contributed by atoms with Crippen molar-refractivity contribution < 1.29 is 14.3 Å². The van der Waals surface area contributed by atoms with E-state index in [2.05, 4.69) is 11.4 Å². The number of benzene rings is 3. The minimum Gasteiger partial charge on any atom is -0.497 e. The average molecular weight is 429 g/mol. The maximum Gasteiger partial charge on any atom is 0.229 e. The van der Waals surface area contributed by atoms with Crippen LogP contribution in [0.15, 0.2) is 72.8 Å². The minimum atomic E-state index is -0.392. The number of hydrogen-bond donors (Lipinski definition) is 1. The summed E-state index contributed by atoms with van der Waals surface area (Å²) >= 11 is 0. The topological polar surface area (TPSA) is 58.6 Å².